The third kappa shape index (κ3) is 4.34. The molecule has 1 aromatic carbocycles. The molecule has 2 rings (SSSR count). The number of amides is 1. The van der Waals surface area contributed by atoms with Crippen LogP contribution in [-0.4, -0.2) is 24.5 Å². The lowest BCUT2D eigenvalue weighted by molar-refractivity contribution is 0.0954. The molecule has 4 nitrogen and oxygen atoms in total. The van der Waals surface area contributed by atoms with E-state index in [1.54, 1.807) is 13.1 Å². The molecular weight excluding hydrogens is 309 g/mol. The number of carbonyl (C=O) groups is 1. The van der Waals surface area contributed by atoms with Gasteiger partial charge in [-0.3, -0.25) is 4.79 Å². The summed E-state index contributed by atoms with van der Waals surface area (Å²) in [6, 6.07) is 9.16. The van der Waals surface area contributed by atoms with Crippen LogP contribution in [0.4, 0.5) is 5.82 Å². The predicted octanol–water partition coefficient (Wildman–Crippen LogP) is 3.40. The highest BCUT2D eigenvalue weighted by molar-refractivity contribution is 6.33. The molecular formula is C15H15Cl2N3O. The number of rotatable bonds is 5. The van der Waals surface area contributed by atoms with Gasteiger partial charge in [-0.2, -0.15) is 0 Å². The Bertz CT molecular complexity index is 629. The van der Waals surface area contributed by atoms with Crippen LogP contribution < -0.4 is 10.6 Å². The second-order valence-corrected chi connectivity index (χ2v) is 5.28. The normalized spacial score (nSPS) is 10.2. The Hall–Kier alpha value is -1.78. The van der Waals surface area contributed by atoms with Crippen molar-refractivity contribution in [2.75, 3.05) is 18.9 Å². The number of nitrogens with zero attached hydrogens (tertiary/aromatic N) is 1. The van der Waals surface area contributed by atoms with Gasteiger partial charge in [-0.25, -0.2) is 4.98 Å². The van der Waals surface area contributed by atoms with E-state index in [-0.39, 0.29) is 5.91 Å². The van der Waals surface area contributed by atoms with Crippen molar-refractivity contribution in [1.29, 1.82) is 0 Å². The van der Waals surface area contributed by atoms with E-state index in [1.807, 2.05) is 24.3 Å². The summed E-state index contributed by atoms with van der Waals surface area (Å²) in [6.45, 7) is 0.522. The van der Waals surface area contributed by atoms with Crippen LogP contribution in [0.25, 0.3) is 0 Å². The van der Waals surface area contributed by atoms with Gasteiger partial charge in [0.15, 0.2) is 0 Å². The minimum absolute atomic E-state index is 0.215. The number of halogens is 2. The summed E-state index contributed by atoms with van der Waals surface area (Å²) >= 11 is 11.8. The molecule has 0 saturated carbocycles. The summed E-state index contributed by atoms with van der Waals surface area (Å²) in [6.07, 6.45) is 2.19. The van der Waals surface area contributed by atoms with Gasteiger partial charge in [-0.05, 0) is 30.2 Å². The van der Waals surface area contributed by atoms with E-state index in [4.69, 9.17) is 23.2 Å². The molecule has 6 heteroatoms. The first-order valence-corrected chi connectivity index (χ1v) is 7.21. The number of pyridine rings is 1. The molecule has 0 atom stereocenters. The van der Waals surface area contributed by atoms with E-state index in [0.29, 0.717) is 28.0 Å². The Morgan fingerprint density at radius 3 is 2.62 bits per heavy atom. The maximum Gasteiger partial charge on any atom is 0.253 e. The highest BCUT2D eigenvalue weighted by Gasteiger charge is 2.11. The number of hydrogen-bond donors (Lipinski definition) is 2. The van der Waals surface area contributed by atoms with E-state index < -0.39 is 0 Å². The predicted molar refractivity (Wildman–Crippen MR) is 86.3 cm³/mol. The van der Waals surface area contributed by atoms with Crippen LogP contribution >= 0.6 is 23.2 Å². The summed E-state index contributed by atoms with van der Waals surface area (Å²) in [5, 5.41) is 6.75. The van der Waals surface area contributed by atoms with Gasteiger partial charge >= 0.3 is 0 Å². The molecule has 1 aromatic heterocycles. The van der Waals surface area contributed by atoms with Crippen LogP contribution in [0.5, 0.6) is 0 Å². The van der Waals surface area contributed by atoms with Gasteiger partial charge in [-0.1, -0.05) is 35.3 Å². The Balaban J connectivity index is 1.94. The molecule has 21 heavy (non-hydrogen) atoms. The Morgan fingerprint density at radius 1 is 1.24 bits per heavy atom. The Kier molecular flexibility index (Phi) is 5.42. The smallest absolute Gasteiger partial charge is 0.253 e. The van der Waals surface area contributed by atoms with Gasteiger partial charge in [0.05, 0.1) is 10.6 Å². The second kappa shape index (κ2) is 7.29. The maximum atomic E-state index is 12.1. The number of anilines is 1. The number of aromatic nitrogens is 1. The van der Waals surface area contributed by atoms with Crippen molar-refractivity contribution in [3.63, 3.8) is 0 Å². The van der Waals surface area contributed by atoms with E-state index in [9.17, 15) is 4.79 Å². The van der Waals surface area contributed by atoms with Crippen LogP contribution in [0.2, 0.25) is 10.0 Å². The largest absolute Gasteiger partial charge is 0.373 e. The zero-order chi connectivity index (χ0) is 15.2. The summed E-state index contributed by atoms with van der Waals surface area (Å²) in [5.74, 6) is 0.384. The molecule has 0 aliphatic carbocycles. The molecule has 2 N–H and O–H groups in total. The molecule has 0 unspecified atom stereocenters. The van der Waals surface area contributed by atoms with Crippen LogP contribution in [-0.2, 0) is 6.42 Å². The maximum absolute atomic E-state index is 12.1. The average Bonchev–Trinajstić information content (AvgIpc) is 2.49. The number of carbonyl (C=O) groups excluding carboxylic acids is 1. The molecule has 1 heterocycles. The standard InChI is InChI=1S/C15H15Cl2N3O/c1-18-14-8-12(13(17)9-20-14)15(21)19-7-6-10-2-4-11(16)5-3-10/h2-5,8-9H,6-7H2,1H3,(H,18,20)(H,19,21). The lowest BCUT2D eigenvalue weighted by atomic mass is 10.1. The monoisotopic (exact) mass is 323 g/mol. The van der Waals surface area contributed by atoms with Crippen molar-refractivity contribution in [1.82, 2.24) is 10.3 Å². The molecule has 2 aromatic rings. The SMILES string of the molecule is CNc1cc(C(=O)NCCc2ccc(Cl)cc2)c(Cl)cn1. The second-order valence-electron chi connectivity index (χ2n) is 4.43. The zero-order valence-corrected chi connectivity index (χ0v) is 13.0. The molecule has 0 saturated heterocycles. The third-order valence-electron chi connectivity index (χ3n) is 2.97. The van der Waals surface area contributed by atoms with Gasteiger partial charge in [0, 0.05) is 24.8 Å². The van der Waals surface area contributed by atoms with Gasteiger partial charge < -0.3 is 10.6 Å². The van der Waals surface area contributed by atoms with E-state index in [2.05, 4.69) is 15.6 Å². The molecule has 0 aliphatic rings. The van der Waals surface area contributed by atoms with Gasteiger partial charge in [0.1, 0.15) is 5.82 Å². The molecule has 110 valence electrons. The van der Waals surface area contributed by atoms with Crippen LogP contribution in [0, 0.1) is 0 Å². The highest BCUT2D eigenvalue weighted by atomic mass is 35.5. The van der Waals surface area contributed by atoms with Crippen LogP contribution in [0.15, 0.2) is 36.5 Å². The van der Waals surface area contributed by atoms with Crippen molar-refractivity contribution < 1.29 is 4.79 Å². The van der Waals surface area contributed by atoms with Crippen LogP contribution in [0.1, 0.15) is 15.9 Å². The minimum Gasteiger partial charge on any atom is -0.373 e. The van der Waals surface area contributed by atoms with Gasteiger partial charge in [0.2, 0.25) is 0 Å². The lowest BCUT2D eigenvalue weighted by Crippen LogP contribution is -2.26. The molecule has 0 fully saturated rings. The first-order valence-electron chi connectivity index (χ1n) is 6.46. The molecule has 0 aliphatic heterocycles. The van der Waals surface area contributed by atoms with Crippen molar-refractivity contribution in [2.24, 2.45) is 0 Å². The Morgan fingerprint density at radius 2 is 1.95 bits per heavy atom. The quantitative estimate of drug-likeness (QED) is 0.886. The zero-order valence-electron chi connectivity index (χ0n) is 11.5. The summed E-state index contributed by atoms with van der Waals surface area (Å²) in [5.41, 5.74) is 1.52. The molecule has 0 radical (unpaired) electrons. The topological polar surface area (TPSA) is 54.0 Å². The van der Waals surface area contributed by atoms with Crippen molar-refractivity contribution in [3.05, 3.63) is 57.7 Å². The van der Waals surface area contributed by atoms with Crippen molar-refractivity contribution in [3.8, 4) is 0 Å². The van der Waals surface area contributed by atoms with E-state index in [0.717, 1.165) is 12.0 Å². The lowest BCUT2D eigenvalue weighted by Gasteiger charge is -2.08. The molecule has 0 spiro atoms. The van der Waals surface area contributed by atoms with E-state index >= 15 is 0 Å². The van der Waals surface area contributed by atoms with Gasteiger partial charge in [-0.15, -0.1) is 0 Å². The number of benzene rings is 1. The summed E-state index contributed by atoms with van der Waals surface area (Å²) in [7, 11) is 1.73. The number of nitrogens with one attached hydrogen (secondary N) is 2. The van der Waals surface area contributed by atoms with Crippen LogP contribution in [0.3, 0.4) is 0 Å². The van der Waals surface area contributed by atoms with E-state index in [1.165, 1.54) is 6.20 Å². The first-order chi connectivity index (χ1) is 10.1. The average molecular weight is 324 g/mol. The Labute approximate surface area is 133 Å². The highest BCUT2D eigenvalue weighted by Crippen LogP contribution is 2.17. The fourth-order valence-corrected chi connectivity index (χ4v) is 2.13. The third-order valence-corrected chi connectivity index (χ3v) is 3.52. The molecule has 0 bridgehead atoms. The number of hydrogen-bond acceptors (Lipinski definition) is 3. The fraction of sp³-hybridized carbons (Fsp3) is 0.200. The van der Waals surface area contributed by atoms with Gasteiger partial charge in [0.25, 0.3) is 5.91 Å². The fourth-order valence-electron chi connectivity index (χ4n) is 1.82. The molecule has 1 amide bonds. The summed E-state index contributed by atoms with van der Waals surface area (Å²) < 4.78 is 0. The summed E-state index contributed by atoms with van der Waals surface area (Å²) in [4.78, 5) is 16.1. The minimum atomic E-state index is -0.215. The van der Waals surface area contributed by atoms with Crippen molar-refractivity contribution >= 4 is 34.9 Å². The first kappa shape index (κ1) is 15.6. The van der Waals surface area contributed by atoms with Crippen molar-refractivity contribution in [2.45, 2.75) is 6.42 Å².